The number of carbonyl (C=O) groups is 2. The van der Waals surface area contributed by atoms with Gasteiger partial charge < -0.3 is 14.4 Å². The van der Waals surface area contributed by atoms with Crippen molar-refractivity contribution in [3.63, 3.8) is 0 Å². The summed E-state index contributed by atoms with van der Waals surface area (Å²) in [5, 5.41) is 0. The lowest BCUT2D eigenvalue weighted by molar-refractivity contribution is -0.146. The monoisotopic (exact) mass is 317 g/mol. The second-order valence-corrected chi connectivity index (χ2v) is 4.83. The Bertz CT molecular complexity index is 568. The maximum Gasteiger partial charge on any atom is 0.345 e. The van der Waals surface area contributed by atoms with E-state index in [1.54, 1.807) is 19.9 Å². The van der Waals surface area contributed by atoms with E-state index in [0.717, 1.165) is 11.3 Å². The number of carbonyl (C=O) groups excluding carboxylic acids is 2. The van der Waals surface area contributed by atoms with Gasteiger partial charge in [-0.05, 0) is 31.6 Å². The van der Waals surface area contributed by atoms with E-state index in [1.807, 2.05) is 49.3 Å². The Morgan fingerprint density at radius 2 is 1.48 bits per heavy atom. The van der Waals surface area contributed by atoms with Crippen molar-refractivity contribution in [3.8, 4) is 0 Å². The molecule has 0 aliphatic rings. The van der Waals surface area contributed by atoms with E-state index in [0.29, 0.717) is 0 Å². The van der Waals surface area contributed by atoms with E-state index < -0.39 is 11.9 Å². The molecule has 0 unspecified atom stereocenters. The molecule has 0 heterocycles. The highest BCUT2D eigenvalue weighted by atomic mass is 16.6. The number of benzene rings is 1. The summed E-state index contributed by atoms with van der Waals surface area (Å²) in [4.78, 5) is 25.8. The molecule has 0 radical (unpaired) electrons. The second-order valence-electron chi connectivity index (χ2n) is 4.83. The van der Waals surface area contributed by atoms with E-state index in [9.17, 15) is 9.59 Å². The molecule has 0 spiro atoms. The summed E-state index contributed by atoms with van der Waals surface area (Å²) in [5.74, 6) is -1.37. The van der Waals surface area contributed by atoms with Gasteiger partial charge in [0.05, 0.1) is 13.2 Å². The first kappa shape index (κ1) is 18.5. The third-order valence-corrected chi connectivity index (χ3v) is 2.95. The number of hydrogen-bond acceptors (Lipinski definition) is 5. The van der Waals surface area contributed by atoms with E-state index >= 15 is 0 Å². The van der Waals surface area contributed by atoms with Crippen LogP contribution in [0.1, 0.15) is 19.4 Å². The lowest BCUT2D eigenvalue weighted by Crippen LogP contribution is -2.18. The smallest absolute Gasteiger partial charge is 0.345 e. The summed E-state index contributed by atoms with van der Waals surface area (Å²) in [7, 11) is 3.78. The highest BCUT2D eigenvalue weighted by molar-refractivity contribution is 6.14. The Balaban J connectivity index is 3.21. The summed E-state index contributed by atoms with van der Waals surface area (Å²) >= 11 is 0. The van der Waals surface area contributed by atoms with Crippen molar-refractivity contribution in [3.05, 3.63) is 53.6 Å². The number of rotatable bonds is 7. The summed E-state index contributed by atoms with van der Waals surface area (Å²) < 4.78 is 9.84. The van der Waals surface area contributed by atoms with Gasteiger partial charge in [-0.3, -0.25) is 0 Å². The van der Waals surface area contributed by atoms with E-state index in [1.165, 1.54) is 6.08 Å². The van der Waals surface area contributed by atoms with Crippen LogP contribution in [0.3, 0.4) is 0 Å². The number of nitrogens with zero attached hydrogens (tertiary/aromatic N) is 1. The zero-order valence-corrected chi connectivity index (χ0v) is 14.0. The molecule has 0 amide bonds. The van der Waals surface area contributed by atoms with Crippen molar-refractivity contribution in [1.29, 1.82) is 0 Å². The number of hydrogen-bond donors (Lipinski definition) is 0. The number of allylic oxidation sites excluding steroid dienone is 2. The molecule has 0 aliphatic carbocycles. The van der Waals surface area contributed by atoms with Gasteiger partial charge in [0, 0.05) is 19.8 Å². The minimum absolute atomic E-state index is 0.121. The molecule has 0 saturated carbocycles. The zero-order valence-electron chi connectivity index (χ0n) is 14.0. The van der Waals surface area contributed by atoms with Gasteiger partial charge in [0.1, 0.15) is 5.57 Å². The summed E-state index contributed by atoms with van der Waals surface area (Å²) in [5.41, 5.74) is 1.71. The molecule has 1 aromatic rings. The molecule has 5 heteroatoms. The van der Waals surface area contributed by atoms with Crippen LogP contribution in [0.4, 0.5) is 0 Å². The Kier molecular flexibility index (Phi) is 7.60. The molecular weight excluding hydrogens is 294 g/mol. The topological polar surface area (TPSA) is 55.8 Å². The highest BCUT2D eigenvalue weighted by Gasteiger charge is 2.20. The molecule has 0 N–H and O–H groups in total. The van der Waals surface area contributed by atoms with E-state index in [4.69, 9.17) is 9.47 Å². The summed E-state index contributed by atoms with van der Waals surface area (Å²) in [6.07, 6.45) is 3.15. The minimum Gasteiger partial charge on any atom is -0.462 e. The largest absolute Gasteiger partial charge is 0.462 e. The quantitative estimate of drug-likeness (QED) is 0.254. The zero-order chi connectivity index (χ0) is 17.2. The van der Waals surface area contributed by atoms with Crippen LogP contribution >= 0.6 is 0 Å². The minimum atomic E-state index is -0.687. The van der Waals surface area contributed by atoms with Crippen LogP contribution in [0.5, 0.6) is 0 Å². The number of esters is 2. The fourth-order valence-electron chi connectivity index (χ4n) is 1.91. The molecule has 0 bridgehead atoms. The molecule has 124 valence electrons. The van der Waals surface area contributed by atoms with Crippen LogP contribution in [0.15, 0.2) is 48.1 Å². The SMILES string of the molecule is CCOC(=O)C(=C/C=C(\c1ccccc1)N(C)C)C(=O)OCC. The molecule has 0 atom stereocenters. The standard InChI is InChI=1S/C18H23NO4/c1-5-22-17(20)15(18(21)23-6-2)12-13-16(19(3)4)14-10-8-7-9-11-14/h7-13H,5-6H2,1-4H3/b16-13+. The third kappa shape index (κ3) is 5.62. The van der Waals surface area contributed by atoms with Gasteiger partial charge in [0.2, 0.25) is 0 Å². The second kappa shape index (κ2) is 9.46. The molecule has 0 fully saturated rings. The van der Waals surface area contributed by atoms with Crippen molar-refractivity contribution in [2.24, 2.45) is 0 Å². The first-order valence-electron chi connectivity index (χ1n) is 7.50. The predicted molar refractivity (Wildman–Crippen MR) is 89.5 cm³/mol. The Morgan fingerprint density at radius 1 is 0.957 bits per heavy atom. The highest BCUT2D eigenvalue weighted by Crippen LogP contribution is 2.17. The Hall–Kier alpha value is -2.56. The van der Waals surface area contributed by atoms with Crippen LogP contribution in [-0.2, 0) is 19.1 Å². The Morgan fingerprint density at radius 3 is 1.91 bits per heavy atom. The lowest BCUT2D eigenvalue weighted by Gasteiger charge is -2.17. The number of ether oxygens (including phenoxy) is 2. The fourth-order valence-corrected chi connectivity index (χ4v) is 1.91. The normalized spacial score (nSPS) is 10.7. The third-order valence-electron chi connectivity index (χ3n) is 2.95. The molecular formula is C18H23NO4. The van der Waals surface area contributed by atoms with Crippen LogP contribution in [0.25, 0.3) is 5.70 Å². The van der Waals surface area contributed by atoms with Crippen LogP contribution in [0, 0.1) is 0 Å². The van der Waals surface area contributed by atoms with E-state index in [-0.39, 0.29) is 18.8 Å². The van der Waals surface area contributed by atoms with Gasteiger partial charge in [-0.2, -0.15) is 0 Å². The van der Waals surface area contributed by atoms with Crippen LogP contribution < -0.4 is 0 Å². The van der Waals surface area contributed by atoms with Gasteiger partial charge in [-0.25, -0.2) is 9.59 Å². The van der Waals surface area contributed by atoms with Gasteiger partial charge >= 0.3 is 11.9 Å². The van der Waals surface area contributed by atoms with Crippen molar-refractivity contribution in [1.82, 2.24) is 4.90 Å². The molecule has 1 aromatic carbocycles. The van der Waals surface area contributed by atoms with Gasteiger partial charge in [0.25, 0.3) is 0 Å². The molecule has 0 saturated heterocycles. The van der Waals surface area contributed by atoms with Crippen molar-refractivity contribution >= 4 is 17.6 Å². The average molecular weight is 317 g/mol. The molecule has 0 aromatic heterocycles. The van der Waals surface area contributed by atoms with Crippen LogP contribution in [0.2, 0.25) is 0 Å². The van der Waals surface area contributed by atoms with Crippen molar-refractivity contribution in [2.45, 2.75) is 13.8 Å². The Labute approximate surface area is 137 Å². The molecule has 0 aliphatic heterocycles. The molecule has 1 rings (SSSR count). The average Bonchev–Trinajstić information content (AvgIpc) is 2.52. The molecule has 5 nitrogen and oxygen atoms in total. The van der Waals surface area contributed by atoms with E-state index in [2.05, 4.69) is 0 Å². The summed E-state index contributed by atoms with van der Waals surface area (Å²) in [6, 6.07) is 9.68. The first-order valence-corrected chi connectivity index (χ1v) is 7.50. The fraction of sp³-hybridized carbons (Fsp3) is 0.333. The lowest BCUT2D eigenvalue weighted by atomic mass is 10.1. The van der Waals surface area contributed by atoms with Crippen LogP contribution in [-0.4, -0.2) is 44.1 Å². The maximum atomic E-state index is 11.9. The molecule has 23 heavy (non-hydrogen) atoms. The maximum absolute atomic E-state index is 11.9. The van der Waals surface area contributed by atoms with Gasteiger partial charge in [-0.1, -0.05) is 30.3 Å². The van der Waals surface area contributed by atoms with Gasteiger partial charge in [0.15, 0.2) is 0 Å². The van der Waals surface area contributed by atoms with Gasteiger partial charge in [-0.15, -0.1) is 0 Å². The first-order chi connectivity index (χ1) is 11.0. The summed E-state index contributed by atoms with van der Waals surface area (Å²) in [6.45, 7) is 3.76. The van der Waals surface area contributed by atoms with Crippen molar-refractivity contribution < 1.29 is 19.1 Å². The predicted octanol–water partition coefficient (Wildman–Crippen LogP) is 2.64. The van der Waals surface area contributed by atoms with Crippen molar-refractivity contribution in [2.75, 3.05) is 27.3 Å².